The zero-order valence-corrected chi connectivity index (χ0v) is 12.2. The molecule has 6 nitrogen and oxygen atoms in total. The van der Waals surface area contributed by atoms with E-state index in [4.69, 9.17) is 0 Å². The minimum atomic E-state index is -0.365. The van der Waals surface area contributed by atoms with Crippen LogP contribution in [0.5, 0.6) is 0 Å². The molecule has 0 bridgehead atoms. The molecule has 2 rings (SSSR count). The van der Waals surface area contributed by atoms with Gasteiger partial charge in [-0.2, -0.15) is 5.10 Å². The minimum Gasteiger partial charge on any atom is -0.364 e. The van der Waals surface area contributed by atoms with Crippen LogP contribution in [0, 0.1) is 17.0 Å². The summed E-state index contributed by atoms with van der Waals surface area (Å²) >= 11 is 0. The van der Waals surface area contributed by atoms with Crippen LogP contribution >= 0.6 is 0 Å². The number of anilines is 1. The lowest BCUT2D eigenvalue weighted by molar-refractivity contribution is -0.384. The maximum atomic E-state index is 11.1. The van der Waals surface area contributed by atoms with E-state index in [1.54, 1.807) is 18.7 Å². The van der Waals surface area contributed by atoms with Gasteiger partial charge in [-0.25, -0.2) is 4.68 Å². The number of hydrogen-bond donors (Lipinski definition) is 1. The lowest BCUT2D eigenvalue weighted by Gasteiger charge is -2.08. The molecule has 0 spiro atoms. The van der Waals surface area contributed by atoms with Crippen molar-refractivity contribution in [1.29, 1.82) is 0 Å². The van der Waals surface area contributed by atoms with Gasteiger partial charge in [0.25, 0.3) is 0 Å². The number of nitrogens with zero attached hydrogens (tertiary/aromatic N) is 3. The van der Waals surface area contributed by atoms with Gasteiger partial charge in [0.1, 0.15) is 5.69 Å². The largest absolute Gasteiger partial charge is 0.364 e. The molecule has 20 heavy (non-hydrogen) atoms. The highest BCUT2D eigenvalue weighted by Gasteiger charge is 2.23. The van der Waals surface area contributed by atoms with Gasteiger partial charge in [-0.05, 0) is 39.0 Å². The number of aromatic nitrogens is 2. The van der Waals surface area contributed by atoms with Crippen molar-refractivity contribution in [3.8, 4) is 0 Å². The zero-order valence-electron chi connectivity index (χ0n) is 12.2. The minimum absolute atomic E-state index is 0.0855. The van der Waals surface area contributed by atoms with Crippen LogP contribution in [0.25, 0.3) is 0 Å². The van der Waals surface area contributed by atoms with Gasteiger partial charge in [-0.15, -0.1) is 0 Å². The molecule has 0 fully saturated rings. The second-order valence-corrected chi connectivity index (χ2v) is 5.30. The summed E-state index contributed by atoms with van der Waals surface area (Å²) in [6, 6.07) is 0. The average Bonchev–Trinajstić information content (AvgIpc) is 2.57. The van der Waals surface area contributed by atoms with Crippen molar-refractivity contribution in [2.75, 3.05) is 11.9 Å². The van der Waals surface area contributed by atoms with Crippen LogP contribution in [0.1, 0.15) is 44.2 Å². The summed E-state index contributed by atoms with van der Waals surface area (Å²) in [7, 11) is 1.73. The molecule has 1 aromatic heterocycles. The Morgan fingerprint density at radius 1 is 1.45 bits per heavy atom. The van der Waals surface area contributed by atoms with E-state index in [1.165, 1.54) is 31.3 Å². The number of hydrogen-bond acceptors (Lipinski definition) is 4. The maximum absolute atomic E-state index is 11.1. The Balaban J connectivity index is 1.97. The van der Waals surface area contributed by atoms with Gasteiger partial charge in [0.05, 0.1) is 4.92 Å². The summed E-state index contributed by atoms with van der Waals surface area (Å²) in [5.74, 6) is 0.502. The van der Waals surface area contributed by atoms with E-state index in [9.17, 15) is 10.1 Å². The predicted molar refractivity (Wildman–Crippen MR) is 78.9 cm³/mol. The molecular formula is C14H22N4O2. The smallest absolute Gasteiger partial charge is 0.333 e. The van der Waals surface area contributed by atoms with E-state index < -0.39 is 0 Å². The standard InChI is InChI=1S/C14H22N4O2/c1-11-13(18(19)20)14(17(2)16-11)15-10-9-12-7-5-3-4-6-8-12/h7,15H,3-6,8-10H2,1-2H3. The molecule has 0 aromatic carbocycles. The number of aryl methyl sites for hydroxylation is 2. The van der Waals surface area contributed by atoms with Crippen LogP contribution < -0.4 is 5.32 Å². The maximum Gasteiger partial charge on any atom is 0.333 e. The molecule has 0 aliphatic heterocycles. The van der Waals surface area contributed by atoms with Crippen LogP contribution in [-0.2, 0) is 7.05 Å². The Hall–Kier alpha value is -1.85. The first-order valence-corrected chi connectivity index (χ1v) is 7.19. The van der Waals surface area contributed by atoms with Crippen LogP contribution in [0.15, 0.2) is 11.6 Å². The summed E-state index contributed by atoms with van der Waals surface area (Å²) in [4.78, 5) is 10.7. The monoisotopic (exact) mass is 278 g/mol. The molecule has 110 valence electrons. The average molecular weight is 278 g/mol. The third-order valence-corrected chi connectivity index (χ3v) is 3.75. The Morgan fingerprint density at radius 2 is 2.25 bits per heavy atom. The quantitative estimate of drug-likeness (QED) is 0.509. The lowest BCUT2D eigenvalue weighted by atomic mass is 10.1. The Bertz CT molecular complexity index is 519. The van der Waals surface area contributed by atoms with Gasteiger partial charge in [0.15, 0.2) is 0 Å². The normalized spacial score (nSPS) is 15.6. The van der Waals surface area contributed by atoms with E-state index >= 15 is 0 Å². The second kappa shape index (κ2) is 6.54. The van der Waals surface area contributed by atoms with Crippen molar-refractivity contribution in [3.05, 3.63) is 27.5 Å². The molecule has 0 saturated heterocycles. The van der Waals surface area contributed by atoms with Crippen molar-refractivity contribution in [2.24, 2.45) is 7.05 Å². The van der Waals surface area contributed by atoms with Gasteiger partial charge in [0, 0.05) is 13.6 Å². The van der Waals surface area contributed by atoms with Crippen LogP contribution in [0.2, 0.25) is 0 Å². The highest BCUT2D eigenvalue weighted by atomic mass is 16.6. The first-order valence-electron chi connectivity index (χ1n) is 7.19. The third-order valence-electron chi connectivity index (χ3n) is 3.75. The summed E-state index contributed by atoms with van der Waals surface area (Å²) in [6.07, 6.45) is 9.45. The fourth-order valence-electron chi connectivity index (χ4n) is 2.71. The summed E-state index contributed by atoms with van der Waals surface area (Å²) in [5.41, 5.74) is 2.01. The molecule has 0 atom stereocenters. The van der Waals surface area contributed by atoms with Gasteiger partial charge >= 0.3 is 5.69 Å². The third kappa shape index (κ3) is 3.37. The van der Waals surface area contributed by atoms with Crippen LogP contribution in [0.3, 0.4) is 0 Å². The Morgan fingerprint density at radius 3 is 3.00 bits per heavy atom. The van der Waals surface area contributed by atoms with Crippen molar-refractivity contribution in [3.63, 3.8) is 0 Å². The number of nitro groups is 1. The zero-order chi connectivity index (χ0) is 14.5. The highest BCUT2D eigenvalue weighted by Crippen LogP contribution is 2.27. The molecule has 0 radical (unpaired) electrons. The van der Waals surface area contributed by atoms with Gasteiger partial charge in [0.2, 0.25) is 5.82 Å². The SMILES string of the molecule is Cc1nn(C)c(NCCC2=CCCCCC2)c1[N+](=O)[O-]. The Kier molecular flexibility index (Phi) is 4.76. The Labute approximate surface area is 119 Å². The van der Waals surface area contributed by atoms with Crippen molar-refractivity contribution >= 4 is 11.5 Å². The summed E-state index contributed by atoms with van der Waals surface area (Å²) in [5, 5.41) is 18.3. The van der Waals surface area contributed by atoms with Crippen molar-refractivity contribution < 1.29 is 4.92 Å². The molecular weight excluding hydrogens is 256 g/mol. The predicted octanol–water partition coefficient (Wildman–Crippen LogP) is 3.33. The van der Waals surface area contributed by atoms with Gasteiger partial charge < -0.3 is 5.32 Å². The number of allylic oxidation sites excluding steroid dienone is 1. The van der Waals surface area contributed by atoms with Crippen molar-refractivity contribution in [1.82, 2.24) is 9.78 Å². The van der Waals surface area contributed by atoms with E-state index in [2.05, 4.69) is 16.5 Å². The van der Waals surface area contributed by atoms with Gasteiger partial charge in [-0.3, -0.25) is 10.1 Å². The van der Waals surface area contributed by atoms with Crippen LogP contribution in [-0.4, -0.2) is 21.2 Å². The molecule has 1 aliphatic carbocycles. The summed E-state index contributed by atoms with van der Waals surface area (Å²) in [6.45, 7) is 2.38. The molecule has 0 amide bonds. The van der Waals surface area contributed by atoms with E-state index in [0.717, 1.165) is 12.8 Å². The fourth-order valence-corrected chi connectivity index (χ4v) is 2.71. The molecule has 0 unspecified atom stereocenters. The van der Waals surface area contributed by atoms with E-state index in [1.807, 2.05) is 0 Å². The molecule has 1 heterocycles. The number of rotatable bonds is 5. The fraction of sp³-hybridized carbons (Fsp3) is 0.643. The van der Waals surface area contributed by atoms with E-state index in [0.29, 0.717) is 18.1 Å². The lowest BCUT2D eigenvalue weighted by Crippen LogP contribution is -2.08. The van der Waals surface area contributed by atoms with Gasteiger partial charge in [-0.1, -0.05) is 18.1 Å². The van der Waals surface area contributed by atoms with Crippen molar-refractivity contribution in [2.45, 2.75) is 45.4 Å². The summed E-state index contributed by atoms with van der Waals surface area (Å²) < 4.78 is 1.55. The molecule has 1 aliphatic rings. The second-order valence-electron chi connectivity index (χ2n) is 5.30. The topological polar surface area (TPSA) is 73.0 Å². The molecule has 0 saturated carbocycles. The number of nitrogens with one attached hydrogen (secondary N) is 1. The first-order chi connectivity index (χ1) is 9.59. The van der Waals surface area contributed by atoms with Crippen LogP contribution in [0.4, 0.5) is 11.5 Å². The van der Waals surface area contributed by atoms with E-state index in [-0.39, 0.29) is 10.6 Å². The first kappa shape index (κ1) is 14.6. The molecule has 6 heteroatoms. The highest BCUT2D eigenvalue weighted by molar-refractivity contribution is 5.59. The molecule has 1 N–H and O–H groups in total. The molecule has 1 aromatic rings.